The van der Waals surface area contributed by atoms with Crippen molar-refractivity contribution < 1.29 is 13.9 Å². The summed E-state index contributed by atoms with van der Waals surface area (Å²) >= 11 is 0. The average molecular weight is 342 g/mol. The van der Waals surface area contributed by atoms with Crippen molar-refractivity contribution in [2.75, 3.05) is 38.2 Å². The molecule has 1 fully saturated rings. The summed E-state index contributed by atoms with van der Waals surface area (Å²) < 4.78 is 19.3. The number of carbonyl (C=O) groups excluding carboxylic acids is 1. The van der Waals surface area contributed by atoms with Crippen LogP contribution in [-0.4, -0.2) is 44.1 Å². The number of aryl methyl sites for hydroxylation is 1. The van der Waals surface area contributed by atoms with Crippen LogP contribution < -0.4 is 9.64 Å². The number of methoxy groups -OCH3 is 1. The summed E-state index contributed by atoms with van der Waals surface area (Å²) in [6, 6.07) is 12.6. The minimum absolute atomic E-state index is 0.0806. The van der Waals surface area contributed by atoms with Gasteiger partial charge in [-0.05, 0) is 25.1 Å². The number of benzene rings is 2. The van der Waals surface area contributed by atoms with Crippen molar-refractivity contribution in [3.05, 3.63) is 59.4 Å². The fraction of sp³-hybridized carbons (Fsp3) is 0.350. The molecule has 25 heavy (non-hydrogen) atoms. The van der Waals surface area contributed by atoms with Crippen LogP contribution in [0.5, 0.6) is 5.75 Å². The maximum atomic E-state index is 13.9. The van der Waals surface area contributed by atoms with Gasteiger partial charge in [0.1, 0.15) is 11.6 Å². The molecule has 1 heterocycles. The Bertz CT molecular complexity index is 755. The maximum absolute atomic E-state index is 13.9. The van der Waals surface area contributed by atoms with Crippen LogP contribution in [0, 0.1) is 12.7 Å². The lowest BCUT2D eigenvalue weighted by Gasteiger charge is -2.36. The van der Waals surface area contributed by atoms with Crippen LogP contribution in [0.4, 0.5) is 10.1 Å². The Morgan fingerprint density at radius 3 is 2.52 bits per heavy atom. The van der Waals surface area contributed by atoms with E-state index in [4.69, 9.17) is 4.74 Å². The normalized spacial score (nSPS) is 14.5. The van der Waals surface area contributed by atoms with Gasteiger partial charge >= 0.3 is 0 Å². The van der Waals surface area contributed by atoms with Gasteiger partial charge in [0.15, 0.2) is 0 Å². The second-order valence-electron chi connectivity index (χ2n) is 6.31. The molecule has 0 saturated carbocycles. The monoisotopic (exact) mass is 342 g/mol. The average Bonchev–Trinajstić information content (AvgIpc) is 2.62. The number of piperazine rings is 1. The van der Waals surface area contributed by atoms with Gasteiger partial charge in [0.05, 0.1) is 19.2 Å². The van der Waals surface area contributed by atoms with E-state index in [1.165, 1.54) is 6.07 Å². The minimum Gasteiger partial charge on any atom is -0.496 e. The summed E-state index contributed by atoms with van der Waals surface area (Å²) in [4.78, 5) is 16.5. The molecule has 4 nitrogen and oxygen atoms in total. The van der Waals surface area contributed by atoms with Crippen molar-refractivity contribution in [1.29, 1.82) is 0 Å². The second-order valence-corrected chi connectivity index (χ2v) is 6.31. The molecule has 1 aliphatic heterocycles. The molecule has 1 amide bonds. The smallest absolute Gasteiger partial charge is 0.227 e. The molecule has 2 aromatic rings. The number of anilines is 1. The molecule has 0 bridgehead atoms. The molecule has 1 saturated heterocycles. The number of amides is 1. The van der Waals surface area contributed by atoms with Gasteiger partial charge in [-0.2, -0.15) is 0 Å². The van der Waals surface area contributed by atoms with E-state index >= 15 is 0 Å². The number of rotatable bonds is 4. The molecular weight excluding hydrogens is 319 g/mol. The standard InChI is InChI=1S/C20H23FN2O2/c1-15-7-8-19(25-2)16(13-15)14-20(24)23-11-9-22(10-12-23)18-6-4-3-5-17(18)21/h3-8,13H,9-12,14H2,1-2H3. The molecular formula is C20H23FN2O2. The number of halogens is 1. The van der Waals surface area contributed by atoms with Crippen molar-refractivity contribution in [2.24, 2.45) is 0 Å². The predicted molar refractivity (Wildman–Crippen MR) is 96.6 cm³/mol. The first-order valence-corrected chi connectivity index (χ1v) is 8.49. The Kier molecular flexibility index (Phi) is 5.22. The van der Waals surface area contributed by atoms with Crippen LogP contribution in [0.25, 0.3) is 0 Å². The molecule has 1 aliphatic rings. The van der Waals surface area contributed by atoms with Crippen LogP contribution in [0.1, 0.15) is 11.1 Å². The summed E-state index contributed by atoms with van der Waals surface area (Å²) in [6.45, 7) is 4.47. The largest absolute Gasteiger partial charge is 0.496 e. The quantitative estimate of drug-likeness (QED) is 0.856. The van der Waals surface area contributed by atoms with E-state index in [0.29, 0.717) is 38.3 Å². The lowest BCUT2D eigenvalue weighted by Crippen LogP contribution is -2.49. The molecule has 3 rings (SSSR count). The Balaban J connectivity index is 1.62. The minimum atomic E-state index is -0.216. The van der Waals surface area contributed by atoms with E-state index in [9.17, 15) is 9.18 Å². The molecule has 0 atom stereocenters. The number of para-hydroxylation sites is 1. The van der Waals surface area contributed by atoms with Gasteiger partial charge in [0, 0.05) is 31.7 Å². The Morgan fingerprint density at radius 2 is 1.84 bits per heavy atom. The van der Waals surface area contributed by atoms with Crippen molar-refractivity contribution >= 4 is 11.6 Å². The SMILES string of the molecule is COc1ccc(C)cc1CC(=O)N1CCN(c2ccccc2F)CC1. The van der Waals surface area contributed by atoms with E-state index in [1.807, 2.05) is 41.0 Å². The molecule has 0 unspecified atom stereocenters. The van der Waals surface area contributed by atoms with Crippen LogP contribution >= 0.6 is 0 Å². The van der Waals surface area contributed by atoms with Gasteiger partial charge in [-0.3, -0.25) is 4.79 Å². The van der Waals surface area contributed by atoms with Crippen LogP contribution in [-0.2, 0) is 11.2 Å². The topological polar surface area (TPSA) is 32.8 Å². The molecule has 0 spiro atoms. The summed E-state index contributed by atoms with van der Waals surface area (Å²) in [5.74, 6) is 0.604. The van der Waals surface area contributed by atoms with Crippen molar-refractivity contribution in [3.8, 4) is 5.75 Å². The fourth-order valence-corrected chi connectivity index (χ4v) is 3.23. The maximum Gasteiger partial charge on any atom is 0.227 e. The van der Waals surface area contributed by atoms with Crippen molar-refractivity contribution in [1.82, 2.24) is 4.90 Å². The first kappa shape index (κ1) is 17.3. The molecule has 0 aliphatic carbocycles. The number of ether oxygens (including phenoxy) is 1. The Hall–Kier alpha value is -2.56. The zero-order chi connectivity index (χ0) is 17.8. The first-order chi connectivity index (χ1) is 12.1. The van der Waals surface area contributed by atoms with E-state index in [2.05, 4.69) is 0 Å². The fourth-order valence-electron chi connectivity index (χ4n) is 3.23. The van der Waals surface area contributed by atoms with E-state index < -0.39 is 0 Å². The van der Waals surface area contributed by atoms with E-state index in [-0.39, 0.29) is 11.7 Å². The number of nitrogens with zero attached hydrogens (tertiary/aromatic N) is 2. The lowest BCUT2D eigenvalue weighted by molar-refractivity contribution is -0.130. The van der Waals surface area contributed by atoms with Crippen molar-refractivity contribution in [3.63, 3.8) is 0 Å². The van der Waals surface area contributed by atoms with E-state index in [1.54, 1.807) is 19.2 Å². The van der Waals surface area contributed by atoms with E-state index in [0.717, 1.165) is 16.9 Å². The third kappa shape index (κ3) is 3.92. The van der Waals surface area contributed by atoms with Crippen LogP contribution in [0.15, 0.2) is 42.5 Å². The highest BCUT2D eigenvalue weighted by molar-refractivity contribution is 5.80. The summed E-state index contributed by atoms with van der Waals surface area (Å²) in [6.07, 6.45) is 0.324. The first-order valence-electron chi connectivity index (χ1n) is 8.49. The number of hydrogen-bond acceptors (Lipinski definition) is 3. The second kappa shape index (κ2) is 7.55. The lowest BCUT2D eigenvalue weighted by atomic mass is 10.1. The van der Waals surface area contributed by atoms with Crippen molar-refractivity contribution in [2.45, 2.75) is 13.3 Å². The zero-order valence-corrected chi connectivity index (χ0v) is 14.7. The summed E-state index contributed by atoms with van der Waals surface area (Å²) in [5.41, 5.74) is 2.62. The molecule has 2 aromatic carbocycles. The highest BCUT2D eigenvalue weighted by Gasteiger charge is 2.23. The highest BCUT2D eigenvalue weighted by Crippen LogP contribution is 2.23. The molecule has 5 heteroatoms. The summed E-state index contributed by atoms with van der Waals surface area (Å²) in [7, 11) is 1.62. The predicted octanol–water partition coefficient (Wildman–Crippen LogP) is 3.03. The third-order valence-electron chi connectivity index (χ3n) is 4.60. The van der Waals surface area contributed by atoms with Gasteiger partial charge in [-0.1, -0.05) is 29.8 Å². The number of hydrogen-bond donors (Lipinski definition) is 0. The van der Waals surface area contributed by atoms with Gasteiger partial charge in [-0.25, -0.2) is 4.39 Å². The van der Waals surface area contributed by atoms with Gasteiger partial charge < -0.3 is 14.5 Å². The summed E-state index contributed by atoms with van der Waals surface area (Å²) in [5, 5.41) is 0. The Morgan fingerprint density at radius 1 is 1.12 bits per heavy atom. The Labute approximate surface area is 147 Å². The molecule has 132 valence electrons. The van der Waals surface area contributed by atoms with Gasteiger partial charge in [-0.15, -0.1) is 0 Å². The number of carbonyl (C=O) groups is 1. The van der Waals surface area contributed by atoms with Gasteiger partial charge in [0.25, 0.3) is 0 Å². The molecule has 0 N–H and O–H groups in total. The zero-order valence-electron chi connectivity index (χ0n) is 14.7. The highest BCUT2D eigenvalue weighted by atomic mass is 19.1. The third-order valence-corrected chi connectivity index (χ3v) is 4.60. The van der Waals surface area contributed by atoms with Gasteiger partial charge in [0.2, 0.25) is 5.91 Å². The molecule has 0 aromatic heterocycles. The van der Waals surface area contributed by atoms with Crippen LogP contribution in [0.2, 0.25) is 0 Å². The molecule has 0 radical (unpaired) electrons. The van der Waals surface area contributed by atoms with Crippen LogP contribution in [0.3, 0.4) is 0 Å².